The predicted molar refractivity (Wildman–Crippen MR) is 85.0 cm³/mol. The van der Waals surface area contributed by atoms with Gasteiger partial charge in [0.1, 0.15) is 0 Å². The van der Waals surface area contributed by atoms with E-state index in [1.54, 1.807) is 6.26 Å². The van der Waals surface area contributed by atoms with Crippen LogP contribution in [0.15, 0.2) is 18.2 Å². The summed E-state index contributed by atoms with van der Waals surface area (Å²) in [4.78, 5) is 12.1. The van der Waals surface area contributed by atoms with Crippen molar-refractivity contribution in [2.24, 2.45) is 11.1 Å². The lowest BCUT2D eigenvalue weighted by molar-refractivity contribution is -0.119. The number of carbonyl (C=O) groups is 1. The minimum Gasteiger partial charge on any atom is -0.324 e. The molecule has 0 fully saturated rings. The first-order valence-electron chi connectivity index (χ1n) is 6.58. The second-order valence-corrected chi connectivity index (χ2v) is 7.58. The summed E-state index contributed by atoms with van der Waals surface area (Å²) in [6.07, 6.45) is 1.67. The fraction of sp³-hybridized carbons (Fsp3) is 0.533. The molecule has 0 spiro atoms. The highest BCUT2D eigenvalue weighted by Gasteiger charge is 2.27. The van der Waals surface area contributed by atoms with E-state index < -0.39 is 16.8 Å². The average molecular weight is 296 g/mol. The number of benzene rings is 1. The molecule has 5 heteroatoms. The van der Waals surface area contributed by atoms with Crippen LogP contribution in [0.5, 0.6) is 0 Å². The zero-order valence-electron chi connectivity index (χ0n) is 12.8. The Hall–Kier alpha value is -1.20. The Morgan fingerprint density at radius 1 is 1.40 bits per heavy atom. The highest BCUT2D eigenvalue weighted by molar-refractivity contribution is 7.83. The topological polar surface area (TPSA) is 72.2 Å². The summed E-state index contributed by atoms with van der Waals surface area (Å²) in [6.45, 7) is 7.71. The van der Waals surface area contributed by atoms with E-state index >= 15 is 0 Å². The summed E-state index contributed by atoms with van der Waals surface area (Å²) in [5.41, 5.74) is 8.31. The van der Waals surface area contributed by atoms with E-state index in [1.807, 2.05) is 45.9 Å². The van der Waals surface area contributed by atoms with Crippen molar-refractivity contribution in [1.29, 1.82) is 0 Å². The maximum atomic E-state index is 12.1. The van der Waals surface area contributed by atoms with Gasteiger partial charge in [-0.25, -0.2) is 0 Å². The quantitative estimate of drug-likeness (QED) is 0.894. The summed E-state index contributed by atoms with van der Waals surface area (Å²) in [5.74, 6) is 0.288. The fourth-order valence-corrected chi connectivity index (χ4v) is 2.55. The van der Waals surface area contributed by atoms with E-state index in [2.05, 4.69) is 5.32 Å². The Bertz CT molecular complexity index is 521. The Kier molecular flexibility index (Phi) is 5.48. The largest absolute Gasteiger partial charge is 0.324 e. The van der Waals surface area contributed by atoms with E-state index in [0.29, 0.717) is 5.75 Å². The van der Waals surface area contributed by atoms with Crippen LogP contribution < -0.4 is 11.1 Å². The van der Waals surface area contributed by atoms with Crippen molar-refractivity contribution in [3.8, 4) is 0 Å². The maximum Gasteiger partial charge on any atom is 0.241 e. The van der Waals surface area contributed by atoms with Crippen LogP contribution in [-0.4, -0.2) is 22.4 Å². The monoisotopic (exact) mass is 296 g/mol. The molecule has 0 radical (unpaired) electrons. The molecule has 3 N–H and O–H groups in total. The van der Waals surface area contributed by atoms with Gasteiger partial charge in [0.25, 0.3) is 0 Å². The molecule has 0 saturated heterocycles. The highest BCUT2D eigenvalue weighted by Crippen LogP contribution is 2.23. The Labute approximate surface area is 123 Å². The van der Waals surface area contributed by atoms with Crippen molar-refractivity contribution < 1.29 is 9.00 Å². The van der Waals surface area contributed by atoms with Gasteiger partial charge in [-0.2, -0.15) is 0 Å². The number of amides is 1. The van der Waals surface area contributed by atoms with Crippen molar-refractivity contribution >= 4 is 22.4 Å². The lowest BCUT2D eigenvalue weighted by Gasteiger charge is -2.26. The summed E-state index contributed by atoms with van der Waals surface area (Å²) in [6, 6.07) is 5.04. The van der Waals surface area contributed by atoms with Gasteiger partial charge in [-0.05, 0) is 29.5 Å². The molecule has 0 saturated carbocycles. The molecular weight excluding hydrogens is 272 g/mol. The van der Waals surface area contributed by atoms with Crippen molar-refractivity contribution in [2.45, 2.75) is 39.5 Å². The molecule has 1 amide bonds. The zero-order valence-corrected chi connectivity index (χ0v) is 13.6. The van der Waals surface area contributed by atoms with E-state index in [9.17, 15) is 9.00 Å². The van der Waals surface area contributed by atoms with E-state index in [-0.39, 0.29) is 11.3 Å². The van der Waals surface area contributed by atoms with Gasteiger partial charge in [0.15, 0.2) is 0 Å². The number of anilines is 1. The Morgan fingerprint density at radius 3 is 2.50 bits per heavy atom. The molecule has 1 rings (SSSR count). The van der Waals surface area contributed by atoms with Crippen molar-refractivity contribution in [3.05, 3.63) is 29.3 Å². The minimum atomic E-state index is -0.908. The van der Waals surface area contributed by atoms with Gasteiger partial charge in [0.05, 0.1) is 6.04 Å². The maximum absolute atomic E-state index is 12.1. The second kappa shape index (κ2) is 6.50. The van der Waals surface area contributed by atoms with Crippen LogP contribution in [0.4, 0.5) is 5.69 Å². The van der Waals surface area contributed by atoms with Gasteiger partial charge in [0, 0.05) is 28.5 Å². The first kappa shape index (κ1) is 16.9. The SMILES string of the molecule is Cc1c(CS(C)=O)cccc1NC(=O)[C@@H](N)C(C)(C)C. The molecule has 4 nitrogen and oxygen atoms in total. The third kappa shape index (κ3) is 4.42. The van der Waals surface area contributed by atoms with Crippen LogP contribution in [0.2, 0.25) is 0 Å². The van der Waals surface area contributed by atoms with Crippen LogP contribution >= 0.6 is 0 Å². The molecule has 0 bridgehead atoms. The number of hydrogen-bond acceptors (Lipinski definition) is 3. The van der Waals surface area contributed by atoms with Crippen molar-refractivity contribution in [1.82, 2.24) is 0 Å². The molecule has 0 heterocycles. The first-order valence-corrected chi connectivity index (χ1v) is 8.30. The van der Waals surface area contributed by atoms with Gasteiger partial charge >= 0.3 is 0 Å². The number of carbonyl (C=O) groups excluding carboxylic acids is 1. The molecule has 2 atom stereocenters. The van der Waals surface area contributed by atoms with Crippen molar-refractivity contribution in [3.63, 3.8) is 0 Å². The third-order valence-corrected chi connectivity index (χ3v) is 4.00. The zero-order chi connectivity index (χ0) is 15.5. The van der Waals surface area contributed by atoms with Gasteiger partial charge < -0.3 is 11.1 Å². The average Bonchev–Trinajstić information content (AvgIpc) is 2.31. The molecule has 0 aliphatic rings. The first-order chi connectivity index (χ1) is 9.12. The lowest BCUT2D eigenvalue weighted by Crippen LogP contribution is -2.45. The normalized spacial score (nSPS) is 14.7. The van der Waals surface area contributed by atoms with Crippen LogP contribution in [-0.2, 0) is 21.3 Å². The number of nitrogens with two attached hydrogens (primary N) is 1. The van der Waals surface area contributed by atoms with E-state index in [4.69, 9.17) is 5.73 Å². The van der Waals surface area contributed by atoms with E-state index in [0.717, 1.165) is 16.8 Å². The second-order valence-electron chi connectivity index (χ2n) is 6.14. The molecular formula is C15H24N2O2S. The van der Waals surface area contributed by atoms with Gasteiger partial charge in [-0.3, -0.25) is 9.00 Å². The minimum absolute atomic E-state index is 0.199. The number of nitrogens with one attached hydrogen (secondary N) is 1. The van der Waals surface area contributed by atoms with Crippen molar-refractivity contribution in [2.75, 3.05) is 11.6 Å². The van der Waals surface area contributed by atoms with Crippen LogP contribution in [0.3, 0.4) is 0 Å². The molecule has 112 valence electrons. The summed E-state index contributed by atoms with van der Waals surface area (Å²) < 4.78 is 11.3. The van der Waals surface area contributed by atoms with Gasteiger partial charge in [-0.15, -0.1) is 0 Å². The third-order valence-electron chi connectivity index (χ3n) is 3.28. The molecule has 0 aliphatic heterocycles. The molecule has 1 aromatic carbocycles. The summed E-state index contributed by atoms with van der Waals surface area (Å²) in [7, 11) is -0.908. The summed E-state index contributed by atoms with van der Waals surface area (Å²) >= 11 is 0. The van der Waals surface area contributed by atoms with Gasteiger partial charge in [0.2, 0.25) is 5.91 Å². The predicted octanol–water partition coefficient (Wildman–Crippen LogP) is 2.19. The fourth-order valence-electron chi connectivity index (χ4n) is 1.80. The molecule has 20 heavy (non-hydrogen) atoms. The summed E-state index contributed by atoms with van der Waals surface area (Å²) in [5, 5.41) is 2.87. The highest BCUT2D eigenvalue weighted by atomic mass is 32.2. The van der Waals surface area contributed by atoms with Crippen LogP contribution in [0, 0.1) is 12.3 Å². The standard InChI is InChI=1S/C15H24N2O2S/c1-10-11(9-20(5)19)7-6-8-12(10)17-14(18)13(16)15(2,3)4/h6-8,13H,9,16H2,1-5H3,(H,17,18)/t13-,20?/m1/s1. The molecule has 0 aliphatic carbocycles. The van der Waals surface area contributed by atoms with E-state index in [1.165, 1.54) is 0 Å². The lowest BCUT2D eigenvalue weighted by atomic mass is 9.87. The van der Waals surface area contributed by atoms with Crippen LogP contribution in [0.25, 0.3) is 0 Å². The Balaban J connectivity index is 2.94. The Morgan fingerprint density at radius 2 is 2.00 bits per heavy atom. The number of rotatable bonds is 4. The van der Waals surface area contributed by atoms with Crippen LogP contribution in [0.1, 0.15) is 31.9 Å². The van der Waals surface area contributed by atoms with Gasteiger partial charge in [-0.1, -0.05) is 32.9 Å². The molecule has 1 unspecified atom stereocenters. The number of hydrogen-bond donors (Lipinski definition) is 2. The molecule has 0 aromatic heterocycles. The smallest absolute Gasteiger partial charge is 0.241 e. The molecule has 1 aromatic rings.